The third-order valence-corrected chi connectivity index (χ3v) is 3.02. The number of pyridine rings is 1. The summed E-state index contributed by atoms with van der Waals surface area (Å²) in [5.74, 6) is 0.0751. The highest BCUT2D eigenvalue weighted by Crippen LogP contribution is 2.36. The average Bonchev–Trinajstić information content (AvgIpc) is 2.49. The van der Waals surface area contributed by atoms with E-state index >= 15 is 0 Å². The highest BCUT2D eigenvalue weighted by molar-refractivity contribution is 5.83. The maximum absolute atomic E-state index is 11.9. The number of aromatic nitrogens is 1. The van der Waals surface area contributed by atoms with Crippen molar-refractivity contribution in [2.24, 2.45) is 0 Å². The molecule has 7 heteroatoms. The number of aromatic amines is 1. The van der Waals surface area contributed by atoms with Crippen molar-refractivity contribution >= 4 is 5.82 Å². The first-order valence-corrected chi connectivity index (χ1v) is 6.35. The minimum Gasteiger partial charge on any atom is -0.507 e. The molecule has 0 amide bonds. The first-order valence-electron chi connectivity index (χ1n) is 6.35. The van der Waals surface area contributed by atoms with E-state index in [-0.39, 0.29) is 33.8 Å². The van der Waals surface area contributed by atoms with E-state index in [1.54, 1.807) is 13.0 Å². The number of nitrogens with two attached hydrogens (primary N) is 1. The van der Waals surface area contributed by atoms with E-state index in [9.17, 15) is 20.4 Å². The van der Waals surface area contributed by atoms with Crippen molar-refractivity contribution in [3.05, 3.63) is 39.7 Å². The predicted octanol–water partition coefficient (Wildman–Crippen LogP) is 1.47. The summed E-state index contributed by atoms with van der Waals surface area (Å²) in [6.07, 6.45) is 0. The molecule has 0 fully saturated rings. The van der Waals surface area contributed by atoms with Crippen LogP contribution in [-0.2, 0) is 0 Å². The van der Waals surface area contributed by atoms with E-state index in [1.807, 2.05) is 6.07 Å². The Bertz CT molecular complexity index is 872. The van der Waals surface area contributed by atoms with Gasteiger partial charge in [0.2, 0.25) is 0 Å². The van der Waals surface area contributed by atoms with E-state index in [2.05, 4.69) is 4.98 Å². The van der Waals surface area contributed by atoms with Crippen LogP contribution in [0.25, 0.3) is 11.1 Å². The number of nitrogen functional groups attached to an aromatic ring is 1. The van der Waals surface area contributed by atoms with Crippen LogP contribution in [0, 0.1) is 22.7 Å². The highest BCUT2D eigenvalue weighted by atomic mass is 16.5. The molecule has 0 atom stereocenters. The van der Waals surface area contributed by atoms with Gasteiger partial charge < -0.3 is 20.6 Å². The molecule has 7 nitrogen and oxygen atoms in total. The second kappa shape index (κ2) is 5.90. The van der Waals surface area contributed by atoms with Crippen LogP contribution < -0.4 is 16.0 Å². The molecule has 0 saturated carbocycles. The molecular weight excluding hydrogens is 284 g/mol. The molecule has 2 aromatic rings. The number of phenolic OH excluding ortho intramolecular Hbond substituents is 1. The molecule has 22 heavy (non-hydrogen) atoms. The van der Waals surface area contributed by atoms with Gasteiger partial charge in [-0.1, -0.05) is 0 Å². The fourth-order valence-corrected chi connectivity index (χ4v) is 2.08. The smallest absolute Gasteiger partial charge is 0.268 e. The topological polar surface area (TPSA) is 136 Å². The van der Waals surface area contributed by atoms with E-state index in [0.717, 1.165) is 0 Å². The Balaban J connectivity index is 2.89. The Labute approximate surface area is 125 Å². The first kappa shape index (κ1) is 14.9. The molecule has 0 aliphatic carbocycles. The summed E-state index contributed by atoms with van der Waals surface area (Å²) in [5.41, 5.74) is 4.66. The second-order valence-electron chi connectivity index (χ2n) is 4.33. The van der Waals surface area contributed by atoms with Gasteiger partial charge in [0, 0.05) is 11.1 Å². The SMILES string of the molecule is CCOc1ccc(O)c(-c2c(C#N)c(N)[nH]c(=O)c2C#N)c1. The van der Waals surface area contributed by atoms with Gasteiger partial charge in [-0.2, -0.15) is 10.5 Å². The number of phenols is 1. The Morgan fingerprint density at radius 1 is 1.32 bits per heavy atom. The maximum Gasteiger partial charge on any atom is 0.268 e. The molecular formula is C15H12N4O3. The van der Waals surface area contributed by atoms with E-state index in [1.165, 1.54) is 18.2 Å². The monoisotopic (exact) mass is 296 g/mol. The number of nitrogens with one attached hydrogen (secondary N) is 1. The fraction of sp³-hybridized carbons (Fsp3) is 0.133. The molecule has 110 valence electrons. The van der Waals surface area contributed by atoms with Crippen LogP contribution in [0.4, 0.5) is 5.82 Å². The van der Waals surface area contributed by atoms with Gasteiger partial charge in [-0.05, 0) is 25.1 Å². The fourth-order valence-electron chi connectivity index (χ4n) is 2.08. The number of anilines is 1. The van der Waals surface area contributed by atoms with E-state index in [0.29, 0.717) is 12.4 Å². The molecule has 2 rings (SSSR count). The van der Waals surface area contributed by atoms with Crippen molar-refractivity contribution in [3.8, 4) is 34.8 Å². The van der Waals surface area contributed by atoms with Gasteiger partial charge in [0.05, 0.1) is 6.61 Å². The Morgan fingerprint density at radius 2 is 2.00 bits per heavy atom. The van der Waals surface area contributed by atoms with Crippen molar-refractivity contribution in [2.45, 2.75) is 6.92 Å². The maximum atomic E-state index is 11.9. The molecule has 0 aliphatic heterocycles. The molecule has 1 heterocycles. The number of aromatic hydroxyl groups is 1. The zero-order valence-electron chi connectivity index (χ0n) is 11.7. The van der Waals surface area contributed by atoms with Crippen LogP contribution in [-0.4, -0.2) is 16.7 Å². The minimum atomic E-state index is -0.727. The number of hydrogen-bond acceptors (Lipinski definition) is 6. The standard InChI is InChI=1S/C15H12N4O3/c1-2-22-8-3-4-12(20)9(5-8)13-10(6-16)14(18)19-15(21)11(13)7-17/h3-5,20H,2H2,1H3,(H3,18,19,21). The van der Waals surface area contributed by atoms with Crippen molar-refractivity contribution in [1.29, 1.82) is 10.5 Å². The minimum absolute atomic E-state index is 0.00898. The quantitative estimate of drug-likeness (QED) is 0.784. The summed E-state index contributed by atoms with van der Waals surface area (Å²) in [6.45, 7) is 2.19. The van der Waals surface area contributed by atoms with Gasteiger partial charge in [0.25, 0.3) is 5.56 Å². The summed E-state index contributed by atoms with van der Waals surface area (Å²) in [6, 6.07) is 7.94. The van der Waals surface area contributed by atoms with Crippen LogP contribution in [0.15, 0.2) is 23.0 Å². The molecule has 1 aromatic carbocycles. The van der Waals surface area contributed by atoms with Crippen LogP contribution in [0.1, 0.15) is 18.1 Å². The van der Waals surface area contributed by atoms with Crippen LogP contribution in [0.3, 0.4) is 0 Å². The third-order valence-electron chi connectivity index (χ3n) is 3.02. The Kier molecular flexibility index (Phi) is 4.01. The molecule has 4 N–H and O–H groups in total. The van der Waals surface area contributed by atoms with Crippen LogP contribution in [0.2, 0.25) is 0 Å². The van der Waals surface area contributed by atoms with E-state index in [4.69, 9.17) is 10.5 Å². The van der Waals surface area contributed by atoms with Crippen molar-refractivity contribution < 1.29 is 9.84 Å². The number of rotatable bonds is 3. The molecule has 1 aromatic heterocycles. The molecule has 0 radical (unpaired) electrons. The Morgan fingerprint density at radius 3 is 2.59 bits per heavy atom. The number of nitrogens with zero attached hydrogens (tertiary/aromatic N) is 2. The second-order valence-corrected chi connectivity index (χ2v) is 4.33. The van der Waals surface area contributed by atoms with Gasteiger partial charge >= 0.3 is 0 Å². The largest absolute Gasteiger partial charge is 0.507 e. The van der Waals surface area contributed by atoms with Crippen molar-refractivity contribution in [2.75, 3.05) is 12.3 Å². The van der Waals surface area contributed by atoms with E-state index < -0.39 is 5.56 Å². The molecule has 0 spiro atoms. The lowest BCUT2D eigenvalue weighted by Crippen LogP contribution is -2.16. The van der Waals surface area contributed by atoms with Gasteiger partial charge in [-0.3, -0.25) is 4.79 Å². The zero-order valence-corrected chi connectivity index (χ0v) is 11.7. The number of hydrogen-bond donors (Lipinski definition) is 3. The number of ether oxygens (including phenoxy) is 1. The third kappa shape index (κ3) is 2.43. The lowest BCUT2D eigenvalue weighted by Gasteiger charge is -2.12. The van der Waals surface area contributed by atoms with Gasteiger partial charge in [-0.15, -0.1) is 0 Å². The number of H-pyrrole nitrogens is 1. The molecule has 0 aliphatic rings. The summed E-state index contributed by atoms with van der Waals surface area (Å²) in [5, 5.41) is 28.5. The molecule has 0 unspecified atom stereocenters. The van der Waals surface area contributed by atoms with Crippen LogP contribution in [0.5, 0.6) is 11.5 Å². The summed E-state index contributed by atoms with van der Waals surface area (Å²) in [4.78, 5) is 14.1. The predicted molar refractivity (Wildman–Crippen MR) is 79.2 cm³/mol. The van der Waals surface area contributed by atoms with Gasteiger partial charge in [0.1, 0.15) is 40.6 Å². The first-order chi connectivity index (χ1) is 10.5. The highest BCUT2D eigenvalue weighted by Gasteiger charge is 2.21. The van der Waals surface area contributed by atoms with Gasteiger partial charge in [0.15, 0.2) is 0 Å². The molecule has 0 saturated heterocycles. The molecule has 0 bridgehead atoms. The zero-order chi connectivity index (χ0) is 16.3. The number of benzene rings is 1. The normalized spacial score (nSPS) is 9.77. The summed E-state index contributed by atoms with van der Waals surface area (Å²) < 4.78 is 5.34. The van der Waals surface area contributed by atoms with Crippen molar-refractivity contribution in [1.82, 2.24) is 4.98 Å². The number of nitriles is 2. The van der Waals surface area contributed by atoms with Gasteiger partial charge in [-0.25, -0.2) is 0 Å². The van der Waals surface area contributed by atoms with Crippen molar-refractivity contribution in [3.63, 3.8) is 0 Å². The summed E-state index contributed by atoms with van der Waals surface area (Å²) >= 11 is 0. The summed E-state index contributed by atoms with van der Waals surface area (Å²) in [7, 11) is 0. The lowest BCUT2D eigenvalue weighted by molar-refractivity contribution is 0.339. The Hall–Kier alpha value is -3.45. The average molecular weight is 296 g/mol. The lowest BCUT2D eigenvalue weighted by atomic mass is 9.95. The van der Waals surface area contributed by atoms with Crippen LogP contribution >= 0.6 is 0 Å².